The molecular weight excluding hydrogens is 404 g/mol. The first-order chi connectivity index (χ1) is 13.2. The Kier molecular flexibility index (Phi) is 7.53. The summed E-state index contributed by atoms with van der Waals surface area (Å²) in [5.74, 6) is 0.529. The van der Waals surface area contributed by atoms with E-state index in [2.05, 4.69) is 5.32 Å². The Morgan fingerprint density at radius 2 is 1.96 bits per heavy atom. The summed E-state index contributed by atoms with van der Waals surface area (Å²) in [5.41, 5.74) is 1.27. The number of aryl methyl sites for hydroxylation is 1. The van der Waals surface area contributed by atoms with Crippen molar-refractivity contribution < 1.29 is 22.7 Å². The van der Waals surface area contributed by atoms with Crippen LogP contribution in [0.4, 0.5) is 5.69 Å². The van der Waals surface area contributed by atoms with Crippen molar-refractivity contribution in [3.05, 3.63) is 53.1 Å². The number of carbonyl (C=O) groups is 1. The van der Waals surface area contributed by atoms with Crippen molar-refractivity contribution >= 4 is 33.2 Å². The summed E-state index contributed by atoms with van der Waals surface area (Å²) < 4.78 is 36.1. The van der Waals surface area contributed by atoms with Crippen molar-refractivity contribution in [1.82, 2.24) is 5.32 Å². The van der Waals surface area contributed by atoms with E-state index in [1.807, 2.05) is 31.2 Å². The van der Waals surface area contributed by atoms with Gasteiger partial charge in [0.2, 0.25) is 15.9 Å². The number of rotatable bonds is 9. The second kappa shape index (κ2) is 9.66. The van der Waals surface area contributed by atoms with E-state index >= 15 is 0 Å². The van der Waals surface area contributed by atoms with Crippen LogP contribution in [-0.4, -0.2) is 47.4 Å². The van der Waals surface area contributed by atoms with Crippen LogP contribution >= 0.6 is 11.6 Å². The standard InChI is InChI=1S/C19H23ClN2O5S/c1-14-5-4-6-16(11-14)27-10-9-21-19(23)13-22(28(3,24)25)17-12-15(20)7-8-18(17)26-2/h4-8,11-12H,9-10,13H2,1-3H3,(H,21,23). The predicted molar refractivity (Wildman–Crippen MR) is 110 cm³/mol. The quantitative estimate of drug-likeness (QED) is 0.623. The van der Waals surface area contributed by atoms with E-state index < -0.39 is 22.5 Å². The molecule has 7 nitrogen and oxygen atoms in total. The second-order valence-electron chi connectivity index (χ2n) is 6.10. The first kappa shape index (κ1) is 21.8. The summed E-state index contributed by atoms with van der Waals surface area (Å²) in [6, 6.07) is 12.1. The van der Waals surface area contributed by atoms with Crippen molar-refractivity contribution in [2.75, 3.05) is 37.4 Å². The maximum Gasteiger partial charge on any atom is 0.240 e. The first-order valence-electron chi connectivity index (χ1n) is 8.48. The van der Waals surface area contributed by atoms with Gasteiger partial charge in [0.05, 0.1) is 25.6 Å². The van der Waals surface area contributed by atoms with Gasteiger partial charge in [-0.2, -0.15) is 0 Å². The van der Waals surface area contributed by atoms with Gasteiger partial charge in [-0.3, -0.25) is 9.10 Å². The lowest BCUT2D eigenvalue weighted by atomic mass is 10.2. The van der Waals surface area contributed by atoms with Gasteiger partial charge in [0.1, 0.15) is 24.7 Å². The highest BCUT2D eigenvalue weighted by Gasteiger charge is 2.24. The van der Waals surface area contributed by atoms with Crippen molar-refractivity contribution in [2.24, 2.45) is 0 Å². The Labute approximate surface area is 170 Å². The highest BCUT2D eigenvalue weighted by molar-refractivity contribution is 7.92. The molecule has 0 saturated heterocycles. The van der Waals surface area contributed by atoms with Gasteiger partial charge < -0.3 is 14.8 Å². The van der Waals surface area contributed by atoms with E-state index in [4.69, 9.17) is 21.1 Å². The van der Waals surface area contributed by atoms with Gasteiger partial charge in [0.15, 0.2) is 0 Å². The Morgan fingerprint density at radius 1 is 1.21 bits per heavy atom. The molecule has 2 rings (SSSR count). The average Bonchev–Trinajstić information content (AvgIpc) is 2.62. The van der Waals surface area contributed by atoms with E-state index in [0.29, 0.717) is 16.5 Å². The first-order valence-corrected chi connectivity index (χ1v) is 10.7. The molecule has 1 amide bonds. The molecule has 0 aliphatic carbocycles. The molecule has 0 aliphatic rings. The van der Waals surface area contributed by atoms with Crippen LogP contribution < -0.4 is 19.1 Å². The molecule has 0 radical (unpaired) electrons. The van der Waals surface area contributed by atoms with Crippen LogP contribution in [0.3, 0.4) is 0 Å². The summed E-state index contributed by atoms with van der Waals surface area (Å²) in [7, 11) is -2.33. The number of nitrogens with one attached hydrogen (secondary N) is 1. The fourth-order valence-corrected chi connectivity index (χ4v) is 3.51. The zero-order valence-corrected chi connectivity index (χ0v) is 17.5. The van der Waals surface area contributed by atoms with Gasteiger partial charge in [0.25, 0.3) is 0 Å². The lowest BCUT2D eigenvalue weighted by molar-refractivity contribution is -0.119. The predicted octanol–water partition coefficient (Wildman–Crippen LogP) is 2.62. The third-order valence-electron chi connectivity index (χ3n) is 3.78. The maximum absolute atomic E-state index is 12.3. The number of hydrogen-bond acceptors (Lipinski definition) is 5. The van der Waals surface area contributed by atoms with Crippen molar-refractivity contribution in [3.63, 3.8) is 0 Å². The van der Waals surface area contributed by atoms with Gasteiger partial charge in [-0.05, 0) is 42.8 Å². The number of amides is 1. The number of hydrogen-bond donors (Lipinski definition) is 1. The molecule has 1 N–H and O–H groups in total. The van der Waals surface area contributed by atoms with E-state index in [1.54, 1.807) is 12.1 Å². The monoisotopic (exact) mass is 426 g/mol. The summed E-state index contributed by atoms with van der Waals surface area (Å²) in [5, 5.41) is 2.98. The number of anilines is 1. The molecule has 0 fully saturated rings. The van der Waals surface area contributed by atoms with Crippen LogP contribution in [0.2, 0.25) is 5.02 Å². The van der Waals surface area contributed by atoms with Crippen LogP contribution in [-0.2, 0) is 14.8 Å². The highest BCUT2D eigenvalue weighted by Crippen LogP contribution is 2.32. The largest absolute Gasteiger partial charge is 0.495 e. The van der Waals surface area contributed by atoms with Gasteiger partial charge in [0, 0.05) is 5.02 Å². The maximum atomic E-state index is 12.3. The Bertz CT molecular complexity index is 934. The minimum absolute atomic E-state index is 0.198. The third kappa shape index (κ3) is 6.31. The molecule has 0 spiro atoms. The fourth-order valence-electron chi connectivity index (χ4n) is 2.49. The minimum Gasteiger partial charge on any atom is -0.495 e. The minimum atomic E-state index is -3.74. The van der Waals surface area contributed by atoms with E-state index in [9.17, 15) is 13.2 Å². The molecule has 0 unspecified atom stereocenters. The molecule has 2 aromatic rings. The normalized spacial score (nSPS) is 11.0. The summed E-state index contributed by atoms with van der Waals surface area (Å²) in [4.78, 5) is 12.3. The van der Waals surface area contributed by atoms with Gasteiger partial charge in [-0.1, -0.05) is 23.7 Å². The Hall–Kier alpha value is -2.45. The average molecular weight is 427 g/mol. The zero-order chi connectivity index (χ0) is 20.7. The lowest BCUT2D eigenvalue weighted by Gasteiger charge is -2.24. The number of sulfonamides is 1. The smallest absolute Gasteiger partial charge is 0.240 e. The molecular formula is C19H23ClN2O5S. The Balaban J connectivity index is 1.99. The molecule has 0 bridgehead atoms. The van der Waals surface area contributed by atoms with Crippen LogP contribution in [0, 0.1) is 6.92 Å². The number of methoxy groups -OCH3 is 1. The zero-order valence-electron chi connectivity index (χ0n) is 15.9. The van der Waals surface area contributed by atoms with Crippen LogP contribution in [0.1, 0.15) is 5.56 Å². The van der Waals surface area contributed by atoms with Gasteiger partial charge >= 0.3 is 0 Å². The van der Waals surface area contributed by atoms with Gasteiger partial charge in [-0.15, -0.1) is 0 Å². The highest BCUT2D eigenvalue weighted by atomic mass is 35.5. The molecule has 9 heteroatoms. The molecule has 2 aromatic carbocycles. The van der Waals surface area contributed by atoms with Crippen LogP contribution in [0.5, 0.6) is 11.5 Å². The number of carbonyl (C=O) groups excluding carboxylic acids is 1. The summed E-state index contributed by atoms with van der Waals surface area (Å²) in [6.07, 6.45) is 1.02. The van der Waals surface area contributed by atoms with E-state index in [1.165, 1.54) is 13.2 Å². The topological polar surface area (TPSA) is 84.9 Å². The lowest BCUT2D eigenvalue weighted by Crippen LogP contribution is -2.41. The molecule has 0 saturated carbocycles. The van der Waals surface area contributed by atoms with Crippen LogP contribution in [0.25, 0.3) is 0 Å². The van der Waals surface area contributed by atoms with Gasteiger partial charge in [-0.25, -0.2) is 8.42 Å². The third-order valence-corrected chi connectivity index (χ3v) is 5.14. The molecule has 0 heterocycles. The van der Waals surface area contributed by atoms with E-state index in [-0.39, 0.29) is 18.8 Å². The summed E-state index contributed by atoms with van der Waals surface area (Å²) in [6.45, 7) is 2.05. The fraction of sp³-hybridized carbons (Fsp3) is 0.316. The molecule has 0 aliphatic heterocycles. The Morgan fingerprint density at radius 3 is 2.61 bits per heavy atom. The number of halogens is 1. The molecule has 152 valence electrons. The van der Waals surface area contributed by atoms with Crippen LogP contribution in [0.15, 0.2) is 42.5 Å². The summed E-state index contributed by atoms with van der Waals surface area (Å²) >= 11 is 5.98. The van der Waals surface area contributed by atoms with Crippen molar-refractivity contribution in [2.45, 2.75) is 6.92 Å². The van der Waals surface area contributed by atoms with E-state index in [0.717, 1.165) is 16.1 Å². The number of benzene rings is 2. The SMILES string of the molecule is COc1ccc(Cl)cc1N(CC(=O)NCCOc1cccc(C)c1)S(C)(=O)=O. The second-order valence-corrected chi connectivity index (χ2v) is 8.44. The molecule has 28 heavy (non-hydrogen) atoms. The number of nitrogens with zero attached hydrogens (tertiary/aromatic N) is 1. The molecule has 0 aromatic heterocycles. The number of ether oxygens (including phenoxy) is 2. The molecule has 0 atom stereocenters. The van der Waals surface area contributed by atoms with Crippen molar-refractivity contribution in [1.29, 1.82) is 0 Å². The van der Waals surface area contributed by atoms with Crippen molar-refractivity contribution in [3.8, 4) is 11.5 Å².